The zero-order valence-corrected chi connectivity index (χ0v) is 15.3. The van der Waals surface area contributed by atoms with E-state index in [2.05, 4.69) is 5.32 Å². The molecule has 1 fully saturated rings. The van der Waals surface area contributed by atoms with Crippen LogP contribution in [0.2, 0.25) is 0 Å². The van der Waals surface area contributed by atoms with Gasteiger partial charge in [0.15, 0.2) is 0 Å². The summed E-state index contributed by atoms with van der Waals surface area (Å²) in [5.74, 6) is -0.741. The highest BCUT2D eigenvalue weighted by molar-refractivity contribution is 6.18. The van der Waals surface area contributed by atoms with E-state index in [1.807, 2.05) is 32.0 Å². The van der Waals surface area contributed by atoms with Crippen molar-refractivity contribution >= 4 is 29.1 Å². The average Bonchev–Trinajstić information content (AvgIpc) is 3.01. The number of para-hydroxylation sites is 2. The highest BCUT2D eigenvalue weighted by Crippen LogP contribution is 2.45. The van der Waals surface area contributed by atoms with Crippen LogP contribution in [0.15, 0.2) is 54.6 Å². The fraction of sp³-hybridized carbons (Fsp3) is 0.286. The molecule has 2 aromatic rings. The first-order chi connectivity index (χ1) is 13.0. The highest BCUT2D eigenvalue weighted by Gasteiger charge is 2.61. The van der Waals surface area contributed by atoms with Crippen molar-refractivity contribution in [3.05, 3.63) is 60.2 Å². The van der Waals surface area contributed by atoms with Crippen molar-refractivity contribution in [1.82, 2.24) is 4.90 Å². The molecule has 1 atom stereocenters. The smallest absolute Gasteiger partial charge is 0.271 e. The van der Waals surface area contributed by atoms with E-state index in [4.69, 9.17) is 0 Å². The maximum atomic E-state index is 13.5. The predicted octanol–water partition coefficient (Wildman–Crippen LogP) is 3.01. The summed E-state index contributed by atoms with van der Waals surface area (Å²) in [5, 5.41) is 2.90. The molecule has 0 unspecified atom stereocenters. The number of carbonyl (C=O) groups excluding carboxylic acids is 3. The molecular weight excluding hydrogens is 342 g/mol. The number of fused-ring (bicyclic) bond motifs is 3. The highest BCUT2D eigenvalue weighted by atomic mass is 16.2. The summed E-state index contributed by atoms with van der Waals surface area (Å²) >= 11 is 0. The minimum Gasteiger partial charge on any atom is -0.322 e. The molecule has 2 aliphatic rings. The van der Waals surface area contributed by atoms with Crippen LogP contribution < -0.4 is 10.2 Å². The quantitative estimate of drug-likeness (QED) is 0.911. The second kappa shape index (κ2) is 6.23. The summed E-state index contributed by atoms with van der Waals surface area (Å²) < 4.78 is 0. The normalized spacial score (nSPS) is 21.3. The van der Waals surface area contributed by atoms with Gasteiger partial charge in [0.25, 0.3) is 11.8 Å². The van der Waals surface area contributed by atoms with Crippen LogP contribution >= 0.6 is 0 Å². The molecule has 0 aromatic heterocycles. The lowest BCUT2D eigenvalue weighted by Gasteiger charge is -2.50. The third-order valence-electron chi connectivity index (χ3n) is 5.21. The number of rotatable bonds is 3. The van der Waals surface area contributed by atoms with Crippen molar-refractivity contribution < 1.29 is 14.4 Å². The van der Waals surface area contributed by atoms with Crippen molar-refractivity contribution in [2.75, 3.05) is 10.2 Å². The fourth-order valence-corrected chi connectivity index (χ4v) is 4.16. The van der Waals surface area contributed by atoms with E-state index < -0.39 is 5.66 Å². The molecule has 2 heterocycles. The molecule has 0 bridgehead atoms. The largest absolute Gasteiger partial charge is 0.322 e. The first kappa shape index (κ1) is 17.3. The van der Waals surface area contributed by atoms with Gasteiger partial charge in [-0.2, -0.15) is 0 Å². The molecule has 4 rings (SSSR count). The summed E-state index contributed by atoms with van der Waals surface area (Å²) in [6.07, 6.45) is 0.482. The Hall–Kier alpha value is -3.15. The summed E-state index contributed by atoms with van der Waals surface area (Å²) in [7, 11) is 0. The van der Waals surface area contributed by atoms with Gasteiger partial charge in [0.1, 0.15) is 0 Å². The molecule has 6 heteroatoms. The van der Waals surface area contributed by atoms with Gasteiger partial charge in [-0.05, 0) is 38.1 Å². The SMILES string of the molecule is CC(C)N1C(=O)c2ccccc2N2C(=O)CC[C@@]21C(=O)Nc1ccccc1. The zero-order valence-electron chi connectivity index (χ0n) is 15.3. The van der Waals surface area contributed by atoms with E-state index in [9.17, 15) is 14.4 Å². The number of carbonyl (C=O) groups is 3. The van der Waals surface area contributed by atoms with E-state index in [-0.39, 0.29) is 36.6 Å². The monoisotopic (exact) mass is 363 g/mol. The van der Waals surface area contributed by atoms with E-state index in [0.717, 1.165) is 0 Å². The Morgan fingerprint density at radius 2 is 1.70 bits per heavy atom. The molecule has 6 nitrogen and oxygen atoms in total. The van der Waals surface area contributed by atoms with Crippen LogP contribution in [-0.4, -0.2) is 34.3 Å². The number of benzene rings is 2. The molecule has 0 radical (unpaired) electrons. The number of hydrogen-bond acceptors (Lipinski definition) is 3. The molecule has 138 valence electrons. The number of anilines is 2. The van der Waals surface area contributed by atoms with Crippen LogP contribution in [0, 0.1) is 0 Å². The Bertz CT molecular complexity index is 925. The Labute approximate surface area is 157 Å². The first-order valence-electron chi connectivity index (χ1n) is 9.09. The van der Waals surface area contributed by atoms with Crippen LogP contribution in [0.4, 0.5) is 11.4 Å². The summed E-state index contributed by atoms with van der Waals surface area (Å²) in [6.45, 7) is 3.73. The molecule has 0 spiro atoms. The zero-order chi connectivity index (χ0) is 19.2. The summed E-state index contributed by atoms with van der Waals surface area (Å²) in [5.41, 5.74) is 0.230. The molecule has 0 aliphatic carbocycles. The number of nitrogens with zero attached hydrogens (tertiary/aromatic N) is 2. The number of nitrogens with one attached hydrogen (secondary N) is 1. The molecular formula is C21H21N3O3. The fourth-order valence-electron chi connectivity index (χ4n) is 4.16. The van der Waals surface area contributed by atoms with E-state index >= 15 is 0 Å². The molecule has 1 saturated heterocycles. The Morgan fingerprint density at radius 3 is 2.41 bits per heavy atom. The average molecular weight is 363 g/mol. The van der Waals surface area contributed by atoms with E-state index in [1.165, 1.54) is 4.90 Å². The molecule has 2 aliphatic heterocycles. The summed E-state index contributed by atoms with van der Waals surface area (Å²) in [4.78, 5) is 42.7. The van der Waals surface area contributed by atoms with Crippen LogP contribution in [0.1, 0.15) is 37.0 Å². The van der Waals surface area contributed by atoms with Crippen LogP contribution in [0.5, 0.6) is 0 Å². The Morgan fingerprint density at radius 1 is 1.04 bits per heavy atom. The number of amides is 3. The second-order valence-electron chi connectivity index (χ2n) is 7.15. The van der Waals surface area contributed by atoms with Crippen molar-refractivity contribution in [2.45, 2.75) is 38.4 Å². The van der Waals surface area contributed by atoms with Crippen LogP contribution in [0.3, 0.4) is 0 Å². The molecule has 0 saturated carbocycles. The number of hydrogen-bond donors (Lipinski definition) is 1. The van der Waals surface area contributed by atoms with Gasteiger partial charge in [0, 0.05) is 24.6 Å². The van der Waals surface area contributed by atoms with Crippen molar-refractivity contribution in [1.29, 1.82) is 0 Å². The molecule has 27 heavy (non-hydrogen) atoms. The van der Waals surface area contributed by atoms with E-state index in [0.29, 0.717) is 16.9 Å². The lowest BCUT2D eigenvalue weighted by molar-refractivity contribution is -0.129. The molecule has 1 N–H and O–H groups in total. The van der Waals surface area contributed by atoms with Gasteiger partial charge in [-0.3, -0.25) is 19.3 Å². The molecule has 3 amide bonds. The van der Waals surface area contributed by atoms with Gasteiger partial charge in [0.05, 0.1) is 11.3 Å². The maximum Gasteiger partial charge on any atom is 0.271 e. The standard InChI is InChI=1S/C21H21N3O3/c1-14(2)23-19(26)16-10-6-7-11-17(16)24-18(25)12-13-21(23,24)20(27)22-15-8-4-3-5-9-15/h3-11,14H,12-13H2,1-2H3,(H,22,27)/t21-/m0/s1. The first-order valence-corrected chi connectivity index (χ1v) is 9.09. The third kappa shape index (κ3) is 2.44. The Balaban J connectivity index is 1.88. The van der Waals surface area contributed by atoms with Gasteiger partial charge >= 0.3 is 0 Å². The van der Waals surface area contributed by atoms with Gasteiger partial charge in [-0.25, -0.2) is 0 Å². The van der Waals surface area contributed by atoms with Crippen LogP contribution in [0.25, 0.3) is 0 Å². The lowest BCUT2D eigenvalue weighted by Crippen LogP contribution is -2.70. The van der Waals surface area contributed by atoms with Gasteiger partial charge in [-0.1, -0.05) is 30.3 Å². The van der Waals surface area contributed by atoms with Crippen LogP contribution in [-0.2, 0) is 9.59 Å². The lowest BCUT2D eigenvalue weighted by atomic mass is 9.94. The predicted molar refractivity (Wildman–Crippen MR) is 102 cm³/mol. The third-order valence-corrected chi connectivity index (χ3v) is 5.21. The molecule has 2 aromatic carbocycles. The Kier molecular flexibility index (Phi) is 3.98. The van der Waals surface area contributed by atoms with Crippen molar-refractivity contribution in [3.63, 3.8) is 0 Å². The van der Waals surface area contributed by atoms with Gasteiger partial charge < -0.3 is 10.2 Å². The topological polar surface area (TPSA) is 69.7 Å². The van der Waals surface area contributed by atoms with E-state index in [1.54, 1.807) is 41.3 Å². The second-order valence-corrected chi connectivity index (χ2v) is 7.15. The summed E-state index contributed by atoms with van der Waals surface area (Å²) in [6, 6.07) is 15.8. The van der Waals surface area contributed by atoms with Crippen molar-refractivity contribution in [3.8, 4) is 0 Å². The minimum atomic E-state index is -1.35. The van der Waals surface area contributed by atoms with Crippen molar-refractivity contribution in [2.24, 2.45) is 0 Å². The van der Waals surface area contributed by atoms with Gasteiger partial charge in [-0.15, -0.1) is 0 Å². The van der Waals surface area contributed by atoms with Gasteiger partial charge in [0.2, 0.25) is 11.6 Å². The maximum absolute atomic E-state index is 13.5. The minimum absolute atomic E-state index is 0.149.